The molecule has 172 valence electrons. The van der Waals surface area contributed by atoms with E-state index in [1.807, 2.05) is 0 Å². The monoisotopic (exact) mass is 480 g/mol. The van der Waals surface area contributed by atoms with E-state index < -0.39 is 11.9 Å². The fraction of sp³-hybridized carbons (Fsp3) is 0.417. The first-order valence-corrected chi connectivity index (χ1v) is 11.5. The van der Waals surface area contributed by atoms with Crippen LogP contribution in [0.15, 0.2) is 42.5 Å². The van der Waals surface area contributed by atoms with Gasteiger partial charge in [-0.15, -0.1) is 0 Å². The molecule has 2 aromatic carbocycles. The predicted molar refractivity (Wildman–Crippen MR) is 123 cm³/mol. The molecule has 0 aromatic heterocycles. The minimum atomic E-state index is -0.729. The second-order valence-electron chi connectivity index (χ2n) is 8.02. The van der Waals surface area contributed by atoms with Gasteiger partial charge in [0, 0.05) is 22.6 Å². The number of carbonyl (C=O) groups excluding carboxylic acids is 2. The fourth-order valence-electron chi connectivity index (χ4n) is 3.74. The van der Waals surface area contributed by atoms with Crippen LogP contribution in [0.3, 0.4) is 0 Å². The Morgan fingerprint density at radius 2 is 1.81 bits per heavy atom. The summed E-state index contributed by atoms with van der Waals surface area (Å²) >= 11 is 12.3. The molecule has 1 aliphatic rings. The molecule has 1 unspecified atom stereocenters. The van der Waals surface area contributed by atoms with Gasteiger partial charge in [0.05, 0.1) is 0 Å². The van der Waals surface area contributed by atoms with E-state index in [2.05, 4.69) is 5.32 Å². The second kappa shape index (κ2) is 11.5. The van der Waals surface area contributed by atoms with Gasteiger partial charge in [-0.2, -0.15) is 0 Å². The molecule has 2 aromatic rings. The molecule has 0 radical (unpaired) electrons. The maximum atomic E-state index is 13.1. The highest BCUT2D eigenvalue weighted by Gasteiger charge is 2.29. The number of carbonyl (C=O) groups is 2. The molecule has 0 saturated heterocycles. The van der Waals surface area contributed by atoms with Crippen LogP contribution in [0.4, 0.5) is 4.39 Å². The highest BCUT2D eigenvalue weighted by Crippen LogP contribution is 2.24. The normalized spacial score (nSPS) is 15.1. The van der Waals surface area contributed by atoms with Crippen LogP contribution in [-0.4, -0.2) is 35.4 Å². The molecule has 8 heteroatoms. The van der Waals surface area contributed by atoms with Crippen LogP contribution in [0, 0.1) is 5.82 Å². The van der Waals surface area contributed by atoms with Gasteiger partial charge in [-0.1, -0.05) is 48.5 Å². The lowest BCUT2D eigenvalue weighted by atomic mass is 9.95. The van der Waals surface area contributed by atoms with Crippen molar-refractivity contribution in [3.05, 3.63) is 63.9 Å². The Hall–Kier alpha value is -2.31. The Morgan fingerprint density at radius 1 is 1.12 bits per heavy atom. The summed E-state index contributed by atoms with van der Waals surface area (Å²) in [6, 6.07) is 9.83. The Balaban J connectivity index is 1.73. The molecule has 1 N–H and O–H groups in total. The summed E-state index contributed by atoms with van der Waals surface area (Å²) in [5, 5.41) is 3.97. The molecule has 1 atom stereocenters. The van der Waals surface area contributed by atoms with Crippen molar-refractivity contribution in [2.24, 2.45) is 0 Å². The third-order valence-corrected chi connectivity index (χ3v) is 6.24. The lowest BCUT2D eigenvalue weighted by Gasteiger charge is -2.31. The molecular weight excluding hydrogens is 454 g/mol. The molecule has 32 heavy (non-hydrogen) atoms. The number of hydrogen-bond donors (Lipinski definition) is 1. The number of rotatable bonds is 8. The van der Waals surface area contributed by atoms with Crippen molar-refractivity contribution < 1.29 is 18.7 Å². The van der Waals surface area contributed by atoms with Crippen LogP contribution in [0.1, 0.15) is 44.6 Å². The average molecular weight is 481 g/mol. The van der Waals surface area contributed by atoms with Gasteiger partial charge >= 0.3 is 0 Å². The number of amides is 2. The van der Waals surface area contributed by atoms with Gasteiger partial charge in [0.15, 0.2) is 6.61 Å². The zero-order chi connectivity index (χ0) is 23.1. The maximum absolute atomic E-state index is 13.1. The second-order valence-corrected chi connectivity index (χ2v) is 8.86. The molecule has 1 aliphatic carbocycles. The summed E-state index contributed by atoms with van der Waals surface area (Å²) < 4.78 is 18.6. The Bertz CT molecular complexity index is 933. The summed E-state index contributed by atoms with van der Waals surface area (Å²) in [5.41, 5.74) is 0.670. The van der Waals surface area contributed by atoms with Crippen LogP contribution >= 0.6 is 23.2 Å². The minimum Gasteiger partial charge on any atom is -0.484 e. The Labute approximate surface area is 197 Å². The summed E-state index contributed by atoms with van der Waals surface area (Å²) in [5.74, 6) is -0.622. The third kappa shape index (κ3) is 6.84. The Morgan fingerprint density at radius 3 is 2.47 bits per heavy atom. The first-order chi connectivity index (χ1) is 15.3. The SMILES string of the molecule is CC(C(=O)NC1CCCCC1)N(Cc1ccc(Cl)cc1Cl)C(=O)COc1ccc(F)cc1. The molecule has 1 fully saturated rings. The van der Waals surface area contributed by atoms with Crippen LogP contribution < -0.4 is 10.1 Å². The van der Waals surface area contributed by atoms with Crippen molar-refractivity contribution >= 4 is 35.0 Å². The van der Waals surface area contributed by atoms with Crippen molar-refractivity contribution in [2.75, 3.05) is 6.61 Å². The predicted octanol–water partition coefficient (Wildman–Crippen LogP) is 5.38. The van der Waals surface area contributed by atoms with E-state index >= 15 is 0 Å². The number of hydrogen-bond acceptors (Lipinski definition) is 3. The molecule has 1 saturated carbocycles. The largest absolute Gasteiger partial charge is 0.484 e. The van der Waals surface area contributed by atoms with Gasteiger partial charge < -0.3 is 15.0 Å². The first-order valence-electron chi connectivity index (χ1n) is 10.8. The number of ether oxygens (including phenoxy) is 1. The topological polar surface area (TPSA) is 58.6 Å². The molecule has 2 amide bonds. The summed E-state index contributed by atoms with van der Waals surface area (Å²) in [7, 11) is 0. The molecule has 0 spiro atoms. The van der Waals surface area contributed by atoms with Crippen LogP contribution in [-0.2, 0) is 16.1 Å². The number of halogens is 3. The minimum absolute atomic E-state index is 0.126. The highest BCUT2D eigenvalue weighted by atomic mass is 35.5. The van der Waals surface area contributed by atoms with E-state index in [1.54, 1.807) is 25.1 Å². The van der Waals surface area contributed by atoms with Crippen molar-refractivity contribution in [2.45, 2.75) is 57.7 Å². The van der Waals surface area contributed by atoms with Gasteiger partial charge in [-0.25, -0.2) is 4.39 Å². The van der Waals surface area contributed by atoms with Gasteiger partial charge in [-0.05, 0) is 61.7 Å². The van der Waals surface area contributed by atoms with Gasteiger partial charge in [0.25, 0.3) is 5.91 Å². The van der Waals surface area contributed by atoms with Gasteiger partial charge in [0.2, 0.25) is 5.91 Å². The van der Waals surface area contributed by atoms with Crippen molar-refractivity contribution in [3.63, 3.8) is 0 Å². The quantitative estimate of drug-likeness (QED) is 0.551. The lowest BCUT2D eigenvalue weighted by molar-refractivity contribution is -0.142. The summed E-state index contributed by atoms with van der Waals surface area (Å²) in [4.78, 5) is 27.5. The zero-order valence-electron chi connectivity index (χ0n) is 18.0. The van der Waals surface area contributed by atoms with Crippen LogP contribution in [0.2, 0.25) is 10.0 Å². The number of nitrogens with one attached hydrogen (secondary N) is 1. The molecular formula is C24H27Cl2FN2O3. The zero-order valence-corrected chi connectivity index (χ0v) is 19.5. The van der Waals surface area contributed by atoms with Crippen LogP contribution in [0.5, 0.6) is 5.75 Å². The van der Waals surface area contributed by atoms with E-state index in [1.165, 1.54) is 35.6 Å². The smallest absolute Gasteiger partial charge is 0.261 e. The molecule has 3 rings (SSSR count). The summed E-state index contributed by atoms with van der Waals surface area (Å²) in [6.45, 7) is 1.52. The first kappa shape index (κ1) is 24.3. The van der Waals surface area contributed by atoms with E-state index in [-0.39, 0.29) is 31.0 Å². The van der Waals surface area contributed by atoms with Gasteiger partial charge in [0.1, 0.15) is 17.6 Å². The standard InChI is InChI=1S/C24H27Cl2FN2O3/c1-16(24(31)28-20-5-3-2-4-6-20)29(14-17-7-8-18(25)13-22(17)26)23(30)15-32-21-11-9-19(27)10-12-21/h7-13,16,20H,2-6,14-15H2,1H3,(H,28,31). The van der Waals surface area contributed by atoms with Crippen LogP contribution in [0.25, 0.3) is 0 Å². The fourth-order valence-corrected chi connectivity index (χ4v) is 4.21. The molecule has 5 nitrogen and oxygen atoms in total. The summed E-state index contributed by atoms with van der Waals surface area (Å²) in [6.07, 6.45) is 5.26. The average Bonchev–Trinajstić information content (AvgIpc) is 2.78. The van der Waals surface area contributed by atoms with Gasteiger partial charge in [-0.3, -0.25) is 9.59 Å². The number of nitrogens with zero attached hydrogens (tertiary/aromatic N) is 1. The van der Waals surface area contributed by atoms with E-state index in [0.29, 0.717) is 21.4 Å². The highest BCUT2D eigenvalue weighted by molar-refractivity contribution is 6.35. The molecule has 0 heterocycles. The molecule has 0 aliphatic heterocycles. The maximum Gasteiger partial charge on any atom is 0.261 e. The van der Waals surface area contributed by atoms with E-state index in [9.17, 15) is 14.0 Å². The molecule has 0 bridgehead atoms. The lowest BCUT2D eigenvalue weighted by Crippen LogP contribution is -2.51. The third-order valence-electron chi connectivity index (χ3n) is 5.65. The van der Waals surface area contributed by atoms with Crippen molar-refractivity contribution in [1.82, 2.24) is 10.2 Å². The Kier molecular flexibility index (Phi) is 8.76. The van der Waals surface area contributed by atoms with E-state index in [4.69, 9.17) is 27.9 Å². The number of benzene rings is 2. The van der Waals surface area contributed by atoms with Crippen molar-refractivity contribution in [1.29, 1.82) is 0 Å². The van der Waals surface area contributed by atoms with Crippen molar-refractivity contribution in [3.8, 4) is 5.75 Å². The van der Waals surface area contributed by atoms with E-state index in [0.717, 1.165) is 25.7 Å².